The van der Waals surface area contributed by atoms with E-state index < -0.39 is 11.7 Å². The van der Waals surface area contributed by atoms with E-state index in [1.807, 2.05) is 6.92 Å². The highest BCUT2D eigenvalue weighted by Gasteiger charge is 2.13. The number of halogens is 1. The number of carbonyl (C=O) groups excluding carboxylic acids is 1. The number of hydrogen-bond donors (Lipinski definition) is 1. The van der Waals surface area contributed by atoms with Gasteiger partial charge < -0.3 is 4.74 Å². The first-order valence-electron chi connectivity index (χ1n) is 7.27. The van der Waals surface area contributed by atoms with Gasteiger partial charge in [-0.3, -0.25) is 10.1 Å². The van der Waals surface area contributed by atoms with Gasteiger partial charge in [0.15, 0.2) is 0 Å². The highest BCUT2D eigenvalue weighted by Crippen LogP contribution is 2.06. The lowest BCUT2D eigenvalue weighted by atomic mass is 10.1. The van der Waals surface area contributed by atoms with Gasteiger partial charge in [0.25, 0.3) is 11.9 Å². The zero-order chi connectivity index (χ0) is 15.7. The second-order valence-corrected chi connectivity index (χ2v) is 5.15. The molecule has 0 unspecified atom stereocenters. The smallest absolute Gasteiger partial charge is 0.291 e. The highest BCUT2D eigenvalue weighted by atomic mass is 19.1. The van der Waals surface area contributed by atoms with Gasteiger partial charge in [-0.2, -0.15) is 0 Å². The molecule has 0 saturated heterocycles. The minimum atomic E-state index is -0.563. The molecule has 0 atom stereocenters. The van der Waals surface area contributed by atoms with E-state index in [0.717, 1.165) is 12.8 Å². The molecular weight excluding hydrogens is 271 g/mol. The largest absolute Gasteiger partial charge is 0.465 e. The maximum Gasteiger partial charge on any atom is 0.291 e. The molecule has 1 rings (SSSR count). The Morgan fingerprint density at radius 3 is 2.71 bits per heavy atom. The van der Waals surface area contributed by atoms with E-state index in [2.05, 4.69) is 24.2 Å². The van der Waals surface area contributed by atoms with Gasteiger partial charge >= 0.3 is 0 Å². The van der Waals surface area contributed by atoms with Gasteiger partial charge in [-0.05, 0) is 30.9 Å². The van der Waals surface area contributed by atoms with Crippen LogP contribution in [0, 0.1) is 11.7 Å². The molecule has 0 aliphatic heterocycles. The summed E-state index contributed by atoms with van der Waals surface area (Å²) in [6, 6.07) is 5.98. The Morgan fingerprint density at radius 2 is 2.10 bits per heavy atom. The monoisotopic (exact) mass is 294 g/mol. The molecule has 5 heteroatoms. The summed E-state index contributed by atoms with van der Waals surface area (Å²) in [5.41, 5.74) is -0.0193. The summed E-state index contributed by atoms with van der Waals surface area (Å²) in [7, 11) is 0. The molecule has 0 heterocycles. The van der Waals surface area contributed by atoms with Crippen LogP contribution in [0.3, 0.4) is 0 Å². The van der Waals surface area contributed by atoms with E-state index in [1.54, 1.807) is 6.07 Å². The molecule has 1 aromatic carbocycles. The molecule has 1 N–H and O–H groups in total. The summed E-state index contributed by atoms with van der Waals surface area (Å²) in [5, 5.41) is 2.53. The number of amides is 1. The number of ether oxygens (including phenoxy) is 1. The number of carbonyl (C=O) groups is 1. The molecule has 0 saturated carbocycles. The molecule has 0 aromatic heterocycles. The van der Waals surface area contributed by atoms with Gasteiger partial charge in [0.1, 0.15) is 5.82 Å². The van der Waals surface area contributed by atoms with E-state index in [1.165, 1.54) is 18.2 Å². The lowest BCUT2D eigenvalue weighted by molar-refractivity contribution is 0.0961. The minimum absolute atomic E-state index is 0.0193. The van der Waals surface area contributed by atoms with Crippen LogP contribution in [0.25, 0.3) is 0 Å². The fourth-order valence-electron chi connectivity index (χ4n) is 1.55. The first kappa shape index (κ1) is 17.1. The number of rotatable bonds is 6. The van der Waals surface area contributed by atoms with Gasteiger partial charge in [0, 0.05) is 6.54 Å². The third kappa shape index (κ3) is 6.38. The van der Waals surface area contributed by atoms with Gasteiger partial charge in [-0.15, -0.1) is 0 Å². The molecule has 116 valence electrons. The molecule has 0 aliphatic rings. The van der Waals surface area contributed by atoms with Gasteiger partial charge in [-0.25, -0.2) is 9.38 Å². The Hall–Kier alpha value is -1.91. The van der Waals surface area contributed by atoms with Crippen LogP contribution < -0.4 is 5.32 Å². The van der Waals surface area contributed by atoms with Crippen LogP contribution in [0.1, 0.15) is 44.0 Å². The molecule has 0 aliphatic carbocycles. The van der Waals surface area contributed by atoms with E-state index in [0.29, 0.717) is 19.1 Å². The predicted octanol–water partition coefficient (Wildman–Crippen LogP) is 3.38. The Balaban J connectivity index is 2.71. The third-order valence-corrected chi connectivity index (χ3v) is 2.74. The molecule has 1 amide bonds. The molecule has 1 aromatic rings. The normalized spacial score (nSPS) is 11.6. The van der Waals surface area contributed by atoms with E-state index >= 15 is 0 Å². The minimum Gasteiger partial charge on any atom is -0.465 e. The number of amidine groups is 1. The summed E-state index contributed by atoms with van der Waals surface area (Å²) in [4.78, 5) is 16.3. The Labute approximate surface area is 125 Å². The van der Waals surface area contributed by atoms with Crippen LogP contribution >= 0.6 is 0 Å². The van der Waals surface area contributed by atoms with Crippen molar-refractivity contribution in [2.75, 3.05) is 13.2 Å². The average Bonchev–Trinajstić information content (AvgIpc) is 2.44. The lowest BCUT2D eigenvalue weighted by Gasteiger charge is -2.11. The van der Waals surface area contributed by atoms with Crippen LogP contribution in [0.4, 0.5) is 4.39 Å². The lowest BCUT2D eigenvalue weighted by Crippen LogP contribution is -2.33. The van der Waals surface area contributed by atoms with Crippen molar-refractivity contribution in [3.63, 3.8) is 0 Å². The van der Waals surface area contributed by atoms with Crippen LogP contribution in [0.5, 0.6) is 0 Å². The maximum absolute atomic E-state index is 13.6. The van der Waals surface area contributed by atoms with E-state index in [4.69, 9.17) is 4.74 Å². The van der Waals surface area contributed by atoms with E-state index in [-0.39, 0.29) is 11.6 Å². The summed E-state index contributed by atoms with van der Waals surface area (Å²) < 4.78 is 19.0. The first-order valence-corrected chi connectivity index (χ1v) is 7.27. The average molecular weight is 294 g/mol. The summed E-state index contributed by atoms with van der Waals surface area (Å²) in [6.45, 7) is 7.18. The number of benzene rings is 1. The zero-order valence-electron chi connectivity index (χ0n) is 12.9. The van der Waals surface area contributed by atoms with Crippen molar-refractivity contribution in [1.82, 2.24) is 5.32 Å². The van der Waals surface area contributed by atoms with Crippen LogP contribution in [-0.4, -0.2) is 25.1 Å². The molecule has 0 spiro atoms. The highest BCUT2D eigenvalue weighted by molar-refractivity contribution is 6.04. The predicted molar refractivity (Wildman–Crippen MR) is 81.9 cm³/mol. The number of aliphatic imine (C=N–C) groups is 1. The second-order valence-electron chi connectivity index (χ2n) is 5.15. The molecular formula is C16H23FN2O2. The third-order valence-electron chi connectivity index (χ3n) is 2.74. The Bertz CT molecular complexity index is 487. The van der Waals surface area contributed by atoms with E-state index in [9.17, 15) is 9.18 Å². The molecule has 4 nitrogen and oxygen atoms in total. The Morgan fingerprint density at radius 1 is 1.38 bits per heavy atom. The van der Waals surface area contributed by atoms with Crippen molar-refractivity contribution in [2.45, 2.75) is 33.6 Å². The van der Waals surface area contributed by atoms with Gasteiger partial charge in [0.05, 0.1) is 12.2 Å². The van der Waals surface area contributed by atoms with Crippen LogP contribution in [-0.2, 0) is 4.74 Å². The maximum atomic E-state index is 13.6. The second kappa shape index (κ2) is 9.10. The quantitative estimate of drug-likeness (QED) is 0.646. The van der Waals surface area contributed by atoms with Gasteiger partial charge in [0.2, 0.25) is 0 Å². The molecule has 0 fully saturated rings. The fourth-order valence-corrected chi connectivity index (χ4v) is 1.55. The van der Waals surface area contributed by atoms with Crippen molar-refractivity contribution >= 4 is 11.9 Å². The van der Waals surface area contributed by atoms with Crippen molar-refractivity contribution in [2.24, 2.45) is 10.9 Å². The van der Waals surface area contributed by atoms with Crippen molar-refractivity contribution < 1.29 is 13.9 Å². The fraction of sp³-hybridized carbons (Fsp3) is 0.500. The SMILES string of the molecule is CCCOC(=NCCC(C)C)NC(=O)c1ccccc1F. The summed E-state index contributed by atoms with van der Waals surface area (Å²) >= 11 is 0. The van der Waals surface area contributed by atoms with Crippen LogP contribution in [0.15, 0.2) is 29.3 Å². The van der Waals surface area contributed by atoms with Crippen molar-refractivity contribution in [3.8, 4) is 0 Å². The molecule has 0 bridgehead atoms. The van der Waals surface area contributed by atoms with Crippen molar-refractivity contribution in [3.05, 3.63) is 35.6 Å². The summed E-state index contributed by atoms with van der Waals surface area (Å²) in [6.07, 6.45) is 1.70. The number of nitrogens with one attached hydrogen (secondary N) is 1. The molecule has 21 heavy (non-hydrogen) atoms. The first-order chi connectivity index (χ1) is 10.0. The summed E-state index contributed by atoms with van der Waals surface area (Å²) in [5.74, 6) is -0.594. The van der Waals surface area contributed by atoms with Crippen LogP contribution in [0.2, 0.25) is 0 Å². The number of nitrogens with zero attached hydrogens (tertiary/aromatic N) is 1. The topological polar surface area (TPSA) is 50.7 Å². The standard InChI is InChI=1S/C16H23FN2O2/c1-4-11-21-16(18-10-9-12(2)3)19-15(20)13-7-5-6-8-14(13)17/h5-8,12H,4,9-11H2,1-3H3,(H,18,19,20). The van der Waals surface area contributed by atoms with Crippen molar-refractivity contribution in [1.29, 1.82) is 0 Å². The zero-order valence-corrected chi connectivity index (χ0v) is 12.9. The van der Waals surface area contributed by atoms with Gasteiger partial charge in [-0.1, -0.05) is 32.9 Å². The Kier molecular flexibility index (Phi) is 7.43. The number of hydrogen-bond acceptors (Lipinski definition) is 3. The molecule has 0 radical (unpaired) electrons.